The fraction of sp³-hybridized carbons (Fsp3) is 0.429. The molecule has 8 nitrogen and oxygen atoms in total. The van der Waals surface area contributed by atoms with E-state index in [2.05, 4.69) is 15.6 Å². The van der Waals surface area contributed by atoms with Crippen LogP contribution in [0.15, 0.2) is 64.4 Å². The smallest absolute Gasteiger partial charge is 0.257 e. The molecule has 0 aliphatic heterocycles. The highest BCUT2D eigenvalue weighted by molar-refractivity contribution is 5.99. The third kappa shape index (κ3) is 6.71. The number of amides is 2. The second kappa shape index (κ2) is 12.3. The minimum atomic E-state index is -0.573. The second-order valence-electron chi connectivity index (χ2n) is 9.45. The van der Waals surface area contributed by atoms with Gasteiger partial charge in [-0.05, 0) is 44.0 Å². The zero-order valence-electron chi connectivity index (χ0n) is 20.7. The largest absolute Gasteiger partial charge is 0.467 e. The fourth-order valence-electron chi connectivity index (χ4n) is 4.62. The molecule has 3 aromatic rings. The topological polar surface area (TPSA) is 106 Å². The summed E-state index contributed by atoms with van der Waals surface area (Å²) >= 11 is 0. The number of nitrogens with zero attached hydrogens (tertiary/aromatic N) is 2. The van der Waals surface area contributed by atoms with Gasteiger partial charge in [-0.3, -0.25) is 19.4 Å². The maximum Gasteiger partial charge on any atom is 0.257 e. The van der Waals surface area contributed by atoms with Gasteiger partial charge < -0.3 is 19.6 Å². The van der Waals surface area contributed by atoms with Crippen LogP contribution in [0.2, 0.25) is 0 Å². The summed E-state index contributed by atoms with van der Waals surface area (Å²) in [6.45, 7) is 2.25. The van der Waals surface area contributed by atoms with Gasteiger partial charge in [-0.25, -0.2) is 0 Å². The van der Waals surface area contributed by atoms with Crippen LogP contribution in [0.25, 0.3) is 0 Å². The van der Waals surface area contributed by atoms with Crippen molar-refractivity contribution in [3.8, 4) is 0 Å². The lowest BCUT2D eigenvalue weighted by molar-refractivity contribution is 0.0928. The summed E-state index contributed by atoms with van der Waals surface area (Å²) in [6.07, 6.45) is 14.4. The predicted octanol–water partition coefficient (Wildman–Crippen LogP) is 4.41. The zero-order valence-corrected chi connectivity index (χ0v) is 20.7. The molecule has 0 bridgehead atoms. The van der Waals surface area contributed by atoms with Gasteiger partial charge in [0.15, 0.2) is 0 Å². The molecule has 3 heterocycles. The van der Waals surface area contributed by atoms with Crippen molar-refractivity contribution >= 4 is 11.8 Å². The number of carbonyl (C=O) groups excluding carboxylic acids is 2. The summed E-state index contributed by atoms with van der Waals surface area (Å²) in [5.41, 5.74) is 0.224. The SMILES string of the molecule is CC(NC(=O)c1cn(CCc2ccccn2)cc(C(=O)NC2CCCCCCC2)c1=O)c1ccco1. The van der Waals surface area contributed by atoms with Gasteiger partial charge in [-0.15, -0.1) is 0 Å². The average molecular weight is 491 g/mol. The number of rotatable bonds is 8. The van der Waals surface area contributed by atoms with E-state index < -0.39 is 23.3 Å². The quantitative estimate of drug-likeness (QED) is 0.486. The molecular formula is C28H34N4O4. The van der Waals surface area contributed by atoms with Crippen molar-refractivity contribution < 1.29 is 14.0 Å². The Labute approximate surface area is 211 Å². The lowest BCUT2D eigenvalue weighted by Crippen LogP contribution is -2.40. The first-order chi connectivity index (χ1) is 17.5. The van der Waals surface area contributed by atoms with Gasteiger partial charge in [-0.2, -0.15) is 0 Å². The molecule has 4 rings (SSSR count). The number of hydrogen-bond acceptors (Lipinski definition) is 5. The summed E-state index contributed by atoms with van der Waals surface area (Å²) in [5.74, 6) is -0.390. The number of carbonyl (C=O) groups is 2. The van der Waals surface area contributed by atoms with Crippen molar-refractivity contribution in [1.82, 2.24) is 20.2 Å². The van der Waals surface area contributed by atoms with E-state index in [0.717, 1.165) is 44.2 Å². The first-order valence-electron chi connectivity index (χ1n) is 12.8. The fourth-order valence-corrected chi connectivity index (χ4v) is 4.62. The minimum Gasteiger partial charge on any atom is -0.467 e. The number of aromatic nitrogens is 2. The molecule has 1 atom stereocenters. The van der Waals surface area contributed by atoms with Gasteiger partial charge in [0.2, 0.25) is 5.43 Å². The number of nitrogens with one attached hydrogen (secondary N) is 2. The molecule has 1 aliphatic rings. The van der Waals surface area contributed by atoms with Crippen LogP contribution in [0.4, 0.5) is 0 Å². The zero-order chi connectivity index (χ0) is 25.3. The predicted molar refractivity (Wildman–Crippen MR) is 137 cm³/mol. The molecule has 1 fully saturated rings. The Kier molecular flexibility index (Phi) is 8.71. The van der Waals surface area contributed by atoms with E-state index in [1.54, 1.807) is 36.0 Å². The van der Waals surface area contributed by atoms with Crippen molar-refractivity contribution in [2.24, 2.45) is 0 Å². The van der Waals surface area contributed by atoms with Crippen molar-refractivity contribution in [2.45, 2.75) is 76.9 Å². The normalized spacial score (nSPS) is 15.5. The van der Waals surface area contributed by atoms with Gasteiger partial charge in [0.25, 0.3) is 11.8 Å². The highest BCUT2D eigenvalue weighted by Gasteiger charge is 2.23. The van der Waals surface area contributed by atoms with Crippen LogP contribution >= 0.6 is 0 Å². The molecule has 1 unspecified atom stereocenters. The number of pyridine rings is 2. The first kappa shape index (κ1) is 25.4. The van der Waals surface area contributed by atoms with E-state index in [0.29, 0.717) is 18.7 Å². The van der Waals surface area contributed by atoms with Gasteiger partial charge in [0, 0.05) is 43.3 Å². The molecular weight excluding hydrogens is 456 g/mol. The van der Waals surface area contributed by atoms with E-state index in [-0.39, 0.29) is 17.2 Å². The van der Waals surface area contributed by atoms with Crippen LogP contribution in [-0.4, -0.2) is 27.4 Å². The molecule has 8 heteroatoms. The summed E-state index contributed by atoms with van der Waals surface area (Å²) in [6, 6.07) is 8.79. The molecule has 0 spiro atoms. The number of furan rings is 1. The van der Waals surface area contributed by atoms with E-state index in [1.807, 2.05) is 18.2 Å². The van der Waals surface area contributed by atoms with E-state index in [1.165, 1.54) is 18.9 Å². The maximum absolute atomic E-state index is 13.3. The van der Waals surface area contributed by atoms with Gasteiger partial charge in [-0.1, -0.05) is 38.2 Å². The van der Waals surface area contributed by atoms with Crippen LogP contribution < -0.4 is 16.1 Å². The molecule has 36 heavy (non-hydrogen) atoms. The Bertz CT molecular complexity index is 1200. The lowest BCUT2D eigenvalue weighted by Gasteiger charge is -2.21. The standard InChI is InChI=1S/C28H34N4O4/c1-20(25-13-9-17-36-25)30-27(34)23-18-32(16-14-21-10-7-8-15-29-21)19-24(26(23)33)28(35)31-22-11-5-3-2-4-6-12-22/h7-10,13,15,17-20,22H,2-6,11-12,14,16H2,1H3,(H,30,34)(H,31,35). The monoisotopic (exact) mass is 490 g/mol. The van der Waals surface area contributed by atoms with Crippen LogP contribution in [0.3, 0.4) is 0 Å². The average Bonchev–Trinajstić information content (AvgIpc) is 3.41. The number of hydrogen-bond donors (Lipinski definition) is 2. The molecule has 1 aliphatic carbocycles. The summed E-state index contributed by atoms with van der Waals surface area (Å²) in [5, 5.41) is 5.88. The minimum absolute atomic E-state index is 0.0172. The molecule has 1 saturated carbocycles. The maximum atomic E-state index is 13.3. The molecule has 0 saturated heterocycles. The lowest BCUT2D eigenvalue weighted by atomic mass is 9.96. The third-order valence-electron chi connectivity index (χ3n) is 6.68. The van der Waals surface area contributed by atoms with Crippen molar-refractivity contribution in [2.75, 3.05) is 0 Å². The van der Waals surface area contributed by atoms with E-state index >= 15 is 0 Å². The van der Waals surface area contributed by atoms with Crippen LogP contribution in [0.5, 0.6) is 0 Å². The van der Waals surface area contributed by atoms with Crippen LogP contribution in [0.1, 0.15) is 90.1 Å². The summed E-state index contributed by atoms with van der Waals surface area (Å²) in [4.78, 5) is 44.1. The Morgan fingerprint density at radius 2 is 1.75 bits per heavy atom. The molecule has 2 amide bonds. The van der Waals surface area contributed by atoms with Crippen molar-refractivity contribution in [1.29, 1.82) is 0 Å². The van der Waals surface area contributed by atoms with Gasteiger partial charge in [0.1, 0.15) is 16.9 Å². The molecule has 0 radical (unpaired) electrons. The Morgan fingerprint density at radius 3 is 2.42 bits per heavy atom. The molecule has 3 aromatic heterocycles. The second-order valence-corrected chi connectivity index (χ2v) is 9.45. The van der Waals surface area contributed by atoms with Gasteiger partial charge in [0.05, 0.1) is 12.3 Å². The Balaban J connectivity index is 1.58. The summed E-state index contributed by atoms with van der Waals surface area (Å²) < 4.78 is 7.10. The number of aryl methyl sites for hydroxylation is 2. The van der Waals surface area contributed by atoms with E-state index in [4.69, 9.17) is 4.42 Å². The van der Waals surface area contributed by atoms with Crippen molar-refractivity contribution in [3.05, 3.63) is 88.0 Å². The van der Waals surface area contributed by atoms with Crippen LogP contribution in [-0.2, 0) is 13.0 Å². The molecule has 190 valence electrons. The van der Waals surface area contributed by atoms with Gasteiger partial charge >= 0.3 is 0 Å². The summed E-state index contributed by atoms with van der Waals surface area (Å²) in [7, 11) is 0. The van der Waals surface area contributed by atoms with Crippen LogP contribution in [0, 0.1) is 0 Å². The highest BCUT2D eigenvalue weighted by Crippen LogP contribution is 2.18. The Hall–Kier alpha value is -3.68. The Morgan fingerprint density at radius 1 is 1.03 bits per heavy atom. The van der Waals surface area contributed by atoms with Crippen molar-refractivity contribution in [3.63, 3.8) is 0 Å². The first-order valence-corrected chi connectivity index (χ1v) is 12.8. The highest BCUT2D eigenvalue weighted by atomic mass is 16.3. The van der Waals surface area contributed by atoms with E-state index in [9.17, 15) is 14.4 Å². The molecule has 2 N–H and O–H groups in total. The third-order valence-corrected chi connectivity index (χ3v) is 6.68. The molecule has 0 aromatic carbocycles.